The van der Waals surface area contributed by atoms with Crippen molar-refractivity contribution in [1.82, 2.24) is 0 Å². The summed E-state index contributed by atoms with van der Waals surface area (Å²) in [6, 6.07) is 12.1. The average molecular weight is 417 g/mol. The van der Waals surface area contributed by atoms with Crippen molar-refractivity contribution >= 4 is 43.7 Å². The maximum Gasteiger partial charge on any atom is 0.135 e. The molecule has 1 N–H and O–H groups in total. The van der Waals surface area contributed by atoms with Crippen molar-refractivity contribution in [1.29, 1.82) is 0 Å². The molecular weight excluding hydrogens is 396 g/mol. The number of fused-ring (bicyclic) bond motifs is 3. The summed E-state index contributed by atoms with van der Waals surface area (Å²) in [5.74, 6) is 0.883. The van der Waals surface area contributed by atoms with Crippen LogP contribution in [0.2, 0.25) is 5.02 Å². The van der Waals surface area contributed by atoms with E-state index in [1.54, 1.807) is 20.7 Å². The summed E-state index contributed by atoms with van der Waals surface area (Å²) >= 11 is 6.11. The molecule has 0 saturated heterocycles. The number of hydrogen-bond acceptors (Lipinski definition) is 5. The van der Waals surface area contributed by atoms with Gasteiger partial charge in [-0.2, -0.15) is 0 Å². The van der Waals surface area contributed by atoms with Gasteiger partial charge in [0.1, 0.15) is 10.4 Å². The van der Waals surface area contributed by atoms with E-state index in [-0.39, 0.29) is 5.54 Å². The molecule has 3 nitrogen and oxygen atoms in total. The first-order chi connectivity index (χ1) is 12.9. The van der Waals surface area contributed by atoms with Crippen molar-refractivity contribution in [2.75, 3.05) is 11.9 Å². The Morgan fingerprint density at radius 2 is 1.96 bits per heavy atom. The molecule has 140 valence electrons. The SMILES string of the molecule is CCOc1ccc2c(c1)-c1c(ssc1=Nc1ccc(Cl)cc1C)C(C)(C)N2. The number of rotatable bonds is 3. The maximum absolute atomic E-state index is 6.11. The van der Waals surface area contributed by atoms with Gasteiger partial charge >= 0.3 is 0 Å². The van der Waals surface area contributed by atoms with Gasteiger partial charge in [-0.3, -0.25) is 0 Å². The van der Waals surface area contributed by atoms with Crippen molar-refractivity contribution < 1.29 is 4.74 Å². The van der Waals surface area contributed by atoms with Gasteiger partial charge in [-0.1, -0.05) is 32.3 Å². The highest BCUT2D eigenvalue weighted by molar-refractivity contribution is 7.68. The maximum atomic E-state index is 6.11. The summed E-state index contributed by atoms with van der Waals surface area (Å²) in [5, 5.41) is 4.40. The first-order valence-corrected chi connectivity index (χ1v) is 11.4. The number of nitrogens with zero attached hydrogens (tertiary/aromatic N) is 1. The molecule has 1 aliphatic rings. The molecule has 0 radical (unpaired) electrons. The molecule has 0 bridgehead atoms. The first-order valence-electron chi connectivity index (χ1n) is 8.89. The van der Waals surface area contributed by atoms with Gasteiger partial charge in [-0.25, -0.2) is 4.99 Å². The van der Waals surface area contributed by atoms with Gasteiger partial charge < -0.3 is 10.1 Å². The fourth-order valence-corrected chi connectivity index (χ4v) is 6.49. The third-order valence-electron chi connectivity index (χ3n) is 4.61. The van der Waals surface area contributed by atoms with E-state index in [2.05, 4.69) is 31.3 Å². The summed E-state index contributed by atoms with van der Waals surface area (Å²) in [5.41, 5.74) is 5.37. The smallest absolute Gasteiger partial charge is 0.135 e. The summed E-state index contributed by atoms with van der Waals surface area (Å²) in [6.07, 6.45) is 0. The number of benzene rings is 2. The molecule has 3 aromatic rings. The second-order valence-electron chi connectivity index (χ2n) is 7.11. The number of halogens is 1. The van der Waals surface area contributed by atoms with Crippen molar-refractivity contribution in [3.63, 3.8) is 0 Å². The number of hydrogen-bond donors (Lipinski definition) is 1. The summed E-state index contributed by atoms with van der Waals surface area (Å²) in [6.45, 7) is 9.12. The molecule has 4 rings (SSSR count). The van der Waals surface area contributed by atoms with E-state index in [9.17, 15) is 0 Å². The van der Waals surface area contributed by atoms with Crippen LogP contribution in [-0.4, -0.2) is 6.61 Å². The van der Waals surface area contributed by atoms with Crippen LogP contribution in [0.3, 0.4) is 0 Å². The monoisotopic (exact) mass is 416 g/mol. The highest BCUT2D eigenvalue weighted by Crippen LogP contribution is 2.46. The lowest BCUT2D eigenvalue weighted by atomic mass is 9.90. The van der Waals surface area contributed by atoms with E-state index in [1.807, 2.05) is 38.1 Å². The molecule has 0 spiro atoms. The second kappa shape index (κ2) is 6.97. The average Bonchev–Trinajstić information content (AvgIpc) is 3.03. The van der Waals surface area contributed by atoms with Gasteiger partial charge in [0.25, 0.3) is 0 Å². The molecule has 0 aliphatic carbocycles. The number of nitrogens with one attached hydrogen (secondary N) is 1. The van der Waals surface area contributed by atoms with Crippen LogP contribution in [-0.2, 0) is 5.54 Å². The Bertz CT molecular complexity index is 1080. The highest BCUT2D eigenvalue weighted by atomic mass is 35.5. The van der Waals surface area contributed by atoms with E-state index >= 15 is 0 Å². The Balaban J connectivity index is 1.95. The van der Waals surface area contributed by atoms with Crippen molar-refractivity contribution in [2.24, 2.45) is 4.99 Å². The minimum Gasteiger partial charge on any atom is -0.494 e. The first kappa shape index (κ1) is 18.5. The molecule has 2 aromatic carbocycles. The van der Waals surface area contributed by atoms with Gasteiger partial charge in [0.05, 0.1) is 22.7 Å². The van der Waals surface area contributed by atoms with E-state index in [1.165, 1.54) is 10.4 Å². The van der Waals surface area contributed by atoms with Crippen LogP contribution >= 0.6 is 32.3 Å². The summed E-state index contributed by atoms with van der Waals surface area (Å²) in [7, 11) is 3.51. The van der Waals surface area contributed by atoms with Crippen LogP contribution in [0.15, 0.2) is 41.4 Å². The van der Waals surface area contributed by atoms with Gasteiger partial charge in [-0.15, -0.1) is 0 Å². The van der Waals surface area contributed by atoms with E-state index in [0.29, 0.717) is 6.61 Å². The molecule has 0 saturated carbocycles. The lowest BCUT2D eigenvalue weighted by Gasteiger charge is -2.33. The minimum atomic E-state index is -0.139. The highest BCUT2D eigenvalue weighted by Gasteiger charge is 2.33. The van der Waals surface area contributed by atoms with Crippen molar-refractivity contribution in [3.8, 4) is 16.9 Å². The van der Waals surface area contributed by atoms with Gasteiger partial charge in [0, 0.05) is 21.8 Å². The van der Waals surface area contributed by atoms with Gasteiger partial charge in [0.15, 0.2) is 0 Å². The van der Waals surface area contributed by atoms with Crippen LogP contribution in [0, 0.1) is 6.92 Å². The third-order valence-corrected chi connectivity index (χ3v) is 7.49. The summed E-state index contributed by atoms with van der Waals surface area (Å²) < 4.78 is 6.77. The molecule has 6 heteroatoms. The van der Waals surface area contributed by atoms with E-state index in [4.69, 9.17) is 21.3 Å². The Hall–Kier alpha value is -1.82. The van der Waals surface area contributed by atoms with Gasteiger partial charge in [-0.05, 0) is 69.7 Å². The Morgan fingerprint density at radius 3 is 2.70 bits per heavy atom. The predicted molar refractivity (Wildman–Crippen MR) is 117 cm³/mol. The number of anilines is 1. The molecule has 0 unspecified atom stereocenters. The van der Waals surface area contributed by atoms with Crippen LogP contribution in [0.5, 0.6) is 5.75 Å². The fraction of sp³-hybridized carbons (Fsp3) is 0.286. The largest absolute Gasteiger partial charge is 0.494 e. The zero-order valence-electron chi connectivity index (χ0n) is 15.7. The van der Waals surface area contributed by atoms with E-state index in [0.717, 1.165) is 37.9 Å². The van der Waals surface area contributed by atoms with Crippen LogP contribution in [0.4, 0.5) is 11.4 Å². The third kappa shape index (κ3) is 3.40. The van der Waals surface area contributed by atoms with Crippen LogP contribution in [0.25, 0.3) is 11.1 Å². The van der Waals surface area contributed by atoms with E-state index < -0.39 is 0 Å². The molecule has 0 amide bonds. The normalized spacial score (nSPS) is 15.1. The molecule has 0 atom stereocenters. The minimum absolute atomic E-state index is 0.139. The Kier molecular flexibility index (Phi) is 4.78. The molecule has 27 heavy (non-hydrogen) atoms. The number of aryl methyl sites for hydroxylation is 1. The standard InChI is InChI=1S/C21H21ClN2OS2/c1-5-25-14-7-9-17-15(11-14)18-19(21(3,4)24-17)26-27-20(18)23-16-8-6-13(22)10-12(16)2/h6-11,24H,5H2,1-4H3. The van der Waals surface area contributed by atoms with Gasteiger partial charge in [0.2, 0.25) is 0 Å². The predicted octanol–water partition coefficient (Wildman–Crippen LogP) is 6.73. The zero-order valence-corrected chi connectivity index (χ0v) is 18.1. The second-order valence-corrected chi connectivity index (χ2v) is 9.67. The van der Waals surface area contributed by atoms with Crippen LogP contribution < -0.4 is 14.7 Å². The molecule has 1 aromatic heterocycles. The molecule has 2 heterocycles. The molecule has 1 aliphatic heterocycles. The topological polar surface area (TPSA) is 33.6 Å². The molecule has 0 fully saturated rings. The van der Waals surface area contributed by atoms with Crippen molar-refractivity contribution in [3.05, 3.63) is 56.5 Å². The Morgan fingerprint density at radius 1 is 1.15 bits per heavy atom. The molecular formula is C21H21ClN2OS2. The lowest BCUT2D eigenvalue weighted by molar-refractivity contribution is 0.340. The van der Waals surface area contributed by atoms with Crippen LogP contribution in [0.1, 0.15) is 31.2 Å². The van der Waals surface area contributed by atoms with Crippen molar-refractivity contribution in [2.45, 2.75) is 33.2 Å². The quantitative estimate of drug-likeness (QED) is 0.480. The summed E-state index contributed by atoms with van der Waals surface area (Å²) in [4.78, 5) is 6.30. The Labute approximate surface area is 171 Å². The number of ether oxygens (including phenoxy) is 1. The fourth-order valence-electron chi connectivity index (χ4n) is 3.33. The lowest BCUT2D eigenvalue weighted by Crippen LogP contribution is -2.31. The zero-order chi connectivity index (χ0) is 19.2.